The minimum atomic E-state index is -0.0825. The van der Waals surface area contributed by atoms with Gasteiger partial charge in [-0.15, -0.1) is 0 Å². The number of rotatable bonds is 7. The standard InChI is InChI=1S/C11H23NOS/c12-6-3-7-14-9-11(13)8-10-4-1-2-5-10/h10-11,13H,1-9,12H2. The van der Waals surface area contributed by atoms with Gasteiger partial charge in [-0.3, -0.25) is 0 Å². The van der Waals surface area contributed by atoms with Crippen LogP contribution in [-0.4, -0.2) is 29.3 Å². The predicted octanol–water partition coefficient (Wildman–Crippen LogP) is 2.01. The molecule has 0 bridgehead atoms. The van der Waals surface area contributed by atoms with Gasteiger partial charge >= 0.3 is 0 Å². The first kappa shape index (κ1) is 12.3. The maximum absolute atomic E-state index is 9.76. The minimum Gasteiger partial charge on any atom is -0.392 e. The monoisotopic (exact) mass is 217 g/mol. The van der Waals surface area contributed by atoms with Gasteiger partial charge in [0, 0.05) is 5.75 Å². The first-order valence-electron chi connectivity index (χ1n) is 5.79. The summed E-state index contributed by atoms with van der Waals surface area (Å²) in [5, 5.41) is 9.76. The molecule has 0 amide bonds. The highest BCUT2D eigenvalue weighted by molar-refractivity contribution is 7.99. The number of thioether (sulfide) groups is 1. The van der Waals surface area contributed by atoms with Crippen LogP contribution >= 0.6 is 11.8 Å². The van der Waals surface area contributed by atoms with Crippen LogP contribution in [0.15, 0.2) is 0 Å². The summed E-state index contributed by atoms with van der Waals surface area (Å²) in [6, 6.07) is 0. The van der Waals surface area contributed by atoms with E-state index < -0.39 is 0 Å². The number of aliphatic hydroxyl groups is 1. The largest absolute Gasteiger partial charge is 0.392 e. The lowest BCUT2D eigenvalue weighted by Crippen LogP contribution is -2.15. The van der Waals surface area contributed by atoms with E-state index in [9.17, 15) is 5.11 Å². The molecular formula is C11H23NOS. The Bertz CT molecular complexity index is 137. The zero-order valence-corrected chi connectivity index (χ0v) is 9.77. The van der Waals surface area contributed by atoms with E-state index in [1.165, 1.54) is 25.7 Å². The highest BCUT2D eigenvalue weighted by atomic mass is 32.2. The number of hydrogen-bond donors (Lipinski definition) is 2. The van der Waals surface area contributed by atoms with Crippen LogP contribution in [0.4, 0.5) is 0 Å². The van der Waals surface area contributed by atoms with Crippen LogP contribution in [0.2, 0.25) is 0 Å². The maximum Gasteiger partial charge on any atom is 0.0633 e. The summed E-state index contributed by atoms with van der Waals surface area (Å²) in [5.41, 5.74) is 5.40. The molecule has 0 spiro atoms. The Morgan fingerprint density at radius 2 is 2.07 bits per heavy atom. The van der Waals surface area contributed by atoms with Crippen molar-refractivity contribution in [3.63, 3.8) is 0 Å². The van der Waals surface area contributed by atoms with Gasteiger partial charge in [0.1, 0.15) is 0 Å². The third kappa shape index (κ3) is 5.23. The Hall–Kier alpha value is 0.270. The molecular weight excluding hydrogens is 194 g/mol. The summed E-state index contributed by atoms with van der Waals surface area (Å²) in [4.78, 5) is 0. The van der Waals surface area contributed by atoms with Gasteiger partial charge in [0.15, 0.2) is 0 Å². The molecule has 1 aliphatic carbocycles. The molecule has 84 valence electrons. The zero-order valence-electron chi connectivity index (χ0n) is 8.95. The van der Waals surface area contributed by atoms with Crippen molar-refractivity contribution < 1.29 is 5.11 Å². The quantitative estimate of drug-likeness (QED) is 0.641. The van der Waals surface area contributed by atoms with Gasteiger partial charge in [-0.2, -0.15) is 11.8 Å². The van der Waals surface area contributed by atoms with Gasteiger partial charge < -0.3 is 10.8 Å². The minimum absolute atomic E-state index is 0.0825. The topological polar surface area (TPSA) is 46.2 Å². The Labute approximate surface area is 91.6 Å². The third-order valence-corrected chi connectivity index (χ3v) is 4.08. The Balaban J connectivity index is 1.95. The SMILES string of the molecule is NCCCSCC(O)CC1CCCC1. The molecule has 3 N–H and O–H groups in total. The molecule has 0 aliphatic heterocycles. The first-order chi connectivity index (χ1) is 6.83. The molecule has 1 rings (SSSR count). The van der Waals surface area contributed by atoms with E-state index in [2.05, 4.69) is 0 Å². The predicted molar refractivity (Wildman–Crippen MR) is 63.6 cm³/mol. The molecule has 2 nitrogen and oxygen atoms in total. The number of aliphatic hydroxyl groups excluding tert-OH is 1. The van der Waals surface area contributed by atoms with Crippen molar-refractivity contribution in [1.29, 1.82) is 0 Å². The van der Waals surface area contributed by atoms with Crippen LogP contribution in [0.25, 0.3) is 0 Å². The average molecular weight is 217 g/mol. The van der Waals surface area contributed by atoms with Crippen molar-refractivity contribution in [3.8, 4) is 0 Å². The van der Waals surface area contributed by atoms with Gasteiger partial charge in [0.05, 0.1) is 6.10 Å². The van der Waals surface area contributed by atoms with Crippen molar-refractivity contribution in [2.75, 3.05) is 18.1 Å². The fourth-order valence-electron chi connectivity index (χ4n) is 2.10. The van der Waals surface area contributed by atoms with E-state index in [0.29, 0.717) is 0 Å². The molecule has 14 heavy (non-hydrogen) atoms. The van der Waals surface area contributed by atoms with Gasteiger partial charge in [0.25, 0.3) is 0 Å². The van der Waals surface area contributed by atoms with Crippen LogP contribution in [0.1, 0.15) is 38.5 Å². The summed E-state index contributed by atoms with van der Waals surface area (Å²) < 4.78 is 0. The Morgan fingerprint density at radius 1 is 1.36 bits per heavy atom. The lowest BCUT2D eigenvalue weighted by Gasteiger charge is -2.14. The summed E-state index contributed by atoms with van der Waals surface area (Å²) in [7, 11) is 0. The molecule has 1 unspecified atom stereocenters. The second-order valence-corrected chi connectivity index (χ2v) is 5.41. The van der Waals surface area contributed by atoms with Crippen LogP contribution in [0.5, 0.6) is 0 Å². The second kappa shape index (κ2) is 7.55. The first-order valence-corrected chi connectivity index (χ1v) is 6.94. The molecule has 1 aliphatic rings. The summed E-state index contributed by atoms with van der Waals surface area (Å²) in [6.07, 6.45) is 7.43. The van der Waals surface area contributed by atoms with Crippen LogP contribution in [0.3, 0.4) is 0 Å². The normalized spacial score (nSPS) is 20.1. The molecule has 0 radical (unpaired) electrons. The molecule has 0 aromatic heterocycles. The number of hydrogen-bond acceptors (Lipinski definition) is 3. The average Bonchev–Trinajstić information content (AvgIpc) is 2.65. The molecule has 0 heterocycles. The molecule has 3 heteroatoms. The van der Waals surface area contributed by atoms with Crippen molar-refractivity contribution >= 4 is 11.8 Å². The molecule has 1 fully saturated rings. The fraction of sp³-hybridized carbons (Fsp3) is 1.00. The summed E-state index contributed by atoms with van der Waals surface area (Å²) in [5.74, 6) is 2.80. The maximum atomic E-state index is 9.76. The highest BCUT2D eigenvalue weighted by Gasteiger charge is 2.18. The van der Waals surface area contributed by atoms with E-state index in [0.717, 1.165) is 36.8 Å². The Kier molecular flexibility index (Phi) is 6.65. The molecule has 1 atom stereocenters. The lowest BCUT2D eigenvalue weighted by atomic mass is 10.0. The van der Waals surface area contributed by atoms with Crippen molar-refractivity contribution in [1.82, 2.24) is 0 Å². The van der Waals surface area contributed by atoms with Gasteiger partial charge in [-0.05, 0) is 31.1 Å². The zero-order chi connectivity index (χ0) is 10.2. The van der Waals surface area contributed by atoms with Crippen LogP contribution in [0, 0.1) is 5.92 Å². The van der Waals surface area contributed by atoms with Crippen molar-refractivity contribution in [3.05, 3.63) is 0 Å². The van der Waals surface area contributed by atoms with E-state index in [4.69, 9.17) is 5.73 Å². The molecule has 0 saturated heterocycles. The van der Waals surface area contributed by atoms with E-state index in [1.807, 2.05) is 11.8 Å². The van der Waals surface area contributed by atoms with Crippen LogP contribution < -0.4 is 5.73 Å². The smallest absolute Gasteiger partial charge is 0.0633 e. The summed E-state index contributed by atoms with van der Waals surface area (Å²) in [6.45, 7) is 0.770. The van der Waals surface area contributed by atoms with E-state index in [-0.39, 0.29) is 6.10 Å². The fourth-order valence-corrected chi connectivity index (χ4v) is 3.05. The Morgan fingerprint density at radius 3 is 2.71 bits per heavy atom. The summed E-state index contributed by atoms with van der Waals surface area (Å²) >= 11 is 1.84. The van der Waals surface area contributed by atoms with Crippen molar-refractivity contribution in [2.24, 2.45) is 11.7 Å². The lowest BCUT2D eigenvalue weighted by molar-refractivity contribution is 0.166. The van der Waals surface area contributed by atoms with Gasteiger partial charge in [-0.25, -0.2) is 0 Å². The van der Waals surface area contributed by atoms with E-state index in [1.54, 1.807) is 0 Å². The molecule has 1 saturated carbocycles. The highest BCUT2D eigenvalue weighted by Crippen LogP contribution is 2.29. The molecule has 0 aromatic carbocycles. The van der Waals surface area contributed by atoms with Crippen LogP contribution in [-0.2, 0) is 0 Å². The second-order valence-electron chi connectivity index (χ2n) is 4.26. The third-order valence-electron chi connectivity index (χ3n) is 2.88. The van der Waals surface area contributed by atoms with Crippen molar-refractivity contribution in [2.45, 2.75) is 44.6 Å². The number of nitrogens with two attached hydrogens (primary N) is 1. The van der Waals surface area contributed by atoms with Gasteiger partial charge in [0.2, 0.25) is 0 Å². The van der Waals surface area contributed by atoms with Gasteiger partial charge in [-0.1, -0.05) is 25.7 Å². The van der Waals surface area contributed by atoms with E-state index >= 15 is 0 Å². The molecule has 0 aromatic rings.